The standard InChI is InChI=1S/C21H14ClFN2O2S/c1-11-19(25-21(28-11)12-2-4-14(22)5-3-12)18-17(26)9-13(20(18)27)8-16-7-6-15(23)10-24-16/h2-8,10,18H,9H2,1H3/b13-8-. The zero-order valence-corrected chi connectivity index (χ0v) is 16.4. The van der Waals surface area contributed by atoms with Gasteiger partial charge < -0.3 is 0 Å². The van der Waals surface area contributed by atoms with E-state index in [0.29, 0.717) is 22.0 Å². The molecule has 7 heteroatoms. The fraction of sp³-hybridized carbons (Fsp3) is 0.143. The highest BCUT2D eigenvalue weighted by atomic mass is 35.5. The molecule has 2 aromatic heterocycles. The van der Waals surface area contributed by atoms with Crippen molar-refractivity contribution in [3.8, 4) is 10.6 Å². The quantitative estimate of drug-likeness (QED) is 0.448. The van der Waals surface area contributed by atoms with Crippen LogP contribution < -0.4 is 0 Å². The summed E-state index contributed by atoms with van der Waals surface area (Å²) in [5.41, 5.74) is 2.19. The summed E-state index contributed by atoms with van der Waals surface area (Å²) < 4.78 is 13.0. The van der Waals surface area contributed by atoms with Gasteiger partial charge in [0.05, 0.1) is 17.6 Å². The first-order chi connectivity index (χ1) is 13.4. The van der Waals surface area contributed by atoms with Crippen molar-refractivity contribution >= 4 is 40.6 Å². The van der Waals surface area contributed by atoms with E-state index >= 15 is 0 Å². The van der Waals surface area contributed by atoms with Gasteiger partial charge in [-0.25, -0.2) is 9.37 Å². The van der Waals surface area contributed by atoms with Crippen LogP contribution in [0.15, 0.2) is 48.2 Å². The molecule has 2 heterocycles. The average molecular weight is 413 g/mol. The van der Waals surface area contributed by atoms with Gasteiger partial charge in [-0.15, -0.1) is 11.3 Å². The first kappa shape index (κ1) is 18.7. The van der Waals surface area contributed by atoms with Crippen LogP contribution in [0.25, 0.3) is 16.6 Å². The predicted molar refractivity (Wildman–Crippen MR) is 107 cm³/mol. The summed E-state index contributed by atoms with van der Waals surface area (Å²) in [6.07, 6.45) is 2.64. The number of hydrogen-bond acceptors (Lipinski definition) is 5. The number of Topliss-reactive ketones (excluding diaryl/α,β-unsaturated/α-hetero) is 2. The number of ketones is 2. The lowest BCUT2D eigenvalue weighted by molar-refractivity contribution is -0.123. The molecule has 0 spiro atoms. The number of carbonyl (C=O) groups is 2. The molecule has 28 heavy (non-hydrogen) atoms. The number of rotatable bonds is 3. The second-order valence-corrected chi connectivity index (χ2v) is 8.12. The van der Waals surface area contributed by atoms with E-state index in [1.165, 1.54) is 23.5 Å². The minimum Gasteiger partial charge on any atom is -0.298 e. The Morgan fingerprint density at radius 1 is 1.18 bits per heavy atom. The normalized spacial score (nSPS) is 18.2. The lowest BCUT2D eigenvalue weighted by Gasteiger charge is -2.04. The van der Waals surface area contributed by atoms with Crippen LogP contribution in [-0.2, 0) is 9.59 Å². The minimum absolute atomic E-state index is 0.0236. The Morgan fingerprint density at radius 2 is 1.93 bits per heavy atom. The minimum atomic E-state index is -0.899. The molecular formula is C21H14ClFN2O2S. The van der Waals surface area contributed by atoms with Gasteiger partial charge in [0.15, 0.2) is 11.6 Å². The van der Waals surface area contributed by atoms with E-state index in [-0.39, 0.29) is 18.0 Å². The van der Waals surface area contributed by atoms with Crippen LogP contribution in [0.4, 0.5) is 4.39 Å². The first-order valence-corrected chi connectivity index (χ1v) is 9.74. The zero-order chi connectivity index (χ0) is 19.8. The molecule has 0 radical (unpaired) electrons. The smallest absolute Gasteiger partial charge is 0.175 e. The van der Waals surface area contributed by atoms with Crippen molar-refractivity contribution in [2.45, 2.75) is 19.3 Å². The van der Waals surface area contributed by atoms with Gasteiger partial charge in [-0.3, -0.25) is 14.6 Å². The molecule has 0 aliphatic heterocycles. The Labute approximate surface area is 169 Å². The van der Waals surface area contributed by atoms with Crippen LogP contribution in [0.1, 0.15) is 28.6 Å². The van der Waals surface area contributed by atoms with Crippen molar-refractivity contribution in [3.05, 3.63) is 75.3 Å². The highest BCUT2D eigenvalue weighted by Crippen LogP contribution is 2.38. The van der Waals surface area contributed by atoms with Gasteiger partial charge in [0.2, 0.25) is 0 Å². The van der Waals surface area contributed by atoms with Gasteiger partial charge in [-0.05, 0) is 37.3 Å². The Bertz CT molecular complexity index is 1100. The number of thiazole rings is 1. The molecule has 1 atom stereocenters. The van der Waals surface area contributed by atoms with Crippen molar-refractivity contribution in [3.63, 3.8) is 0 Å². The average Bonchev–Trinajstić information content (AvgIpc) is 3.17. The molecule has 4 rings (SSSR count). The van der Waals surface area contributed by atoms with E-state index in [4.69, 9.17) is 11.6 Å². The number of halogens is 2. The number of nitrogens with zero attached hydrogens (tertiary/aromatic N) is 2. The number of hydrogen-bond donors (Lipinski definition) is 0. The van der Waals surface area contributed by atoms with Crippen molar-refractivity contribution in [1.29, 1.82) is 0 Å². The van der Waals surface area contributed by atoms with E-state index in [1.807, 2.05) is 19.1 Å². The molecular weight excluding hydrogens is 399 g/mol. The van der Waals surface area contributed by atoms with Crippen LogP contribution in [0.2, 0.25) is 5.02 Å². The maximum Gasteiger partial charge on any atom is 0.175 e. The lowest BCUT2D eigenvalue weighted by atomic mass is 10.00. The van der Waals surface area contributed by atoms with Crippen molar-refractivity contribution < 1.29 is 14.0 Å². The predicted octanol–water partition coefficient (Wildman–Crippen LogP) is 5.02. The van der Waals surface area contributed by atoms with Crippen LogP contribution in [0.3, 0.4) is 0 Å². The number of aromatic nitrogens is 2. The van der Waals surface area contributed by atoms with E-state index in [0.717, 1.165) is 21.6 Å². The van der Waals surface area contributed by atoms with E-state index in [2.05, 4.69) is 9.97 Å². The van der Waals surface area contributed by atoms with Crippen LogP contribution in [0, 0.1) is 12.7 Å². The number of aryl methyl sites for hydroxylation is 1. The summed E-state index contributed by atoms with van der Waals surface area (Å²) in [6.45, 7) is 1.86. The summed E-state index contributed by atoms with van der Waals surface area (Å²) in [5.74, 6) is -1.81. The molecule has 1 unspecified atom stereocenters. The second kappa shape index (κ2) is 7.37. The maximum absolute atomic E-state index is 13.0. The second-order valence-electron chi connectivity index (χ2n) is 6.48. The number of pyridine rings is 1. The maximum atomic E-state index is 13.0. The molecule has 1 aliphatic rings. The first-order valence-electron chi connectivity index (χ1n) is 8.54. The molecule has 1 fully saturated rings. The van der Waals surface area contributed by atoms with Gasteiger partial charge >= 0.3 is 0 Å². The summed E-state index contributed by atoms with van der Waals surface area (Å²) >= 11 is 7.37. The highest BCUT2D eigenvalue weighted by molar-refractivity contribution is 7.15. The molecule has 0 amide bonds. The Morgan fingerprint density at radius 3 is 2.61 bits per heavy atom. The number of carbonyl (C=O) groups excluding carboxylic acids is 2. The molecule has 1 aliphatic carbocycles. The largest absolute Gasteiger partial charge is 0.298 e. The summed E-state index contributed by atoms with van der Waals surface area (Å²) in [5, 5.41) is 1.37. The van der Waals surface area contributed by atoms with Crippen molar-refractivity contribution in [1.82, 2.24) is 9.97 Å². The molecule has 140 valence electrons. The number of allylic oxidation sites excluding steroid dienone is 1. The fourth-order valence-corrected chi connectivity index (χ4v) is 4.23. The van der Waals surface area contributed by atoms with Gasteiger partial charge in [-0.2, -0.15) is 0 Å². The van der Waals surface area contributed by atoms with Gasteiger partial charge in [0.1, 0.15) is 16.7 Å². The van der Waals surface area contributed by atoms with Gasteiger partial charge in [-0.1, -0.05) is 23.7 Å². The molecule has 1 aromatic carbocycles. The molecule has 4 nitrogen and oxygen atoms in total. The molecule has 0 N–H and O–H groups in total. The fourth-order valence-electron chi connectivity index (χ4n) is 3.15. The van der Waals surface area contributed by atoms with Gasteiger partial charge in [0.25, 0.3) is 0 Å². The van der Waals surface area contributed by atoms with Crippen LogP contribution in [0.5, 0.6) is 0 Å². The highest BCUT2D eigenvalue weighted by Gasteiger charge is 2.40. The topological polar surface area (TPSA) is 59.9 Å². The van der Waals surface area contributed by atoms with Crippen LogP contribution in [-0.4, -0.2) is 21.5 Å². The van der Waals surface area contributed by atoms with E-state index in [1.54, 1.807) is 18.2 Å². The van der Waals surface area contributed by atoms with Crippen molar-refractivity contribution in [2.75, 3.05) is 0 Å². The molecule has 3 aromatic rings. The lowest BCUT2D eigenvalue weighted by Crippen LogP contribution is -2.14. The monoisotopic (exact) mass is 412 g/mol. The van der Waals surface area contributed by atoms with Gasteiger partial charge in [0, 0.05) is 27.5 Å². The zero-order valence-electron chi connectivity index (χ0n) is 14.8. The number of benzene rings is 1. The summed E-state index contributed by atoms with van der Waals surface area (Å²) in [4.78, 5) is 34.8. The Hall–Kier alpha value is -2.70. The Kier molecular flexibility index (Phi) is 4.91. The molecule has 0 saturated heterocycles. The third kappa shape index (κ3) is 3.53. The van der Waals surface area contributed by atoms with Crippen molar-refractivity contribution in [2.24, 2.45) is 0 Å². The molecule has 0 bridgehead atoms. The van der Waals surface area contributed by atoms with E-state index in [9.17, 15) is 14.0 Å². The molecule has 1 saturated carbocycles. The summed E-state index contributed by atoms with van der Waals surface area (Å²) in [6, 6.07) is 10.00. The third-order valence-electron chi connectivity index (χ3n) is 4.53. The van der Waals surface area contributed by atoms with Crippen LogP contribution >= 0.6 is 22.9 Å². The Balaban J connectivity index is 1.66. The van der Waals surface area contributed by atoms with E-state index < -0.39 is 11.7 Å². The summed E-state index contributed by atoms with van der Waals surface area (Å²) in [7, 11) is 0. The third-order valence-corrected chi connectivity index (χ3v) is 5.82. The SMILES string of the molecule is Cc1sc(-c2ccc(Cl)cc2)nc1C1C(=O)C/C(=C/c2ccc(F)cn2)C1=O.